The van der Waals surface area contributed by atoms with E-state index in [0.717, 1.165) is 40.8 Å². The lowest BCUT2D eigenvalue weighted by Gasteiger charge is -2.30. The van der Waals surface area contributed by atoms with Gasteiger partial charge >= 0.3 is 11.0 Å². The van der Waals surface area contributed by atoms with E-state index in [2.05, 4.69) is 10.3 Å². The molecule has 0 unspecified atom stereocenters. The maximum absolute atomic E-state index is 14.0. The van der Waals surface area contributed by atoms with Gasteiger partial charge in [0.2, 0.25) is 11.8 Å². The molecule has 0 saturated carbocycles. The highest BCUT2D eigenvalue weighted by molar-refractivity contribution is 8.00. The average Bonchev–Trinajstić information content (AvgIpc) is 3.47. The molecular weight excluding hydrogens is 603 g/mol. The molecule has 3 heterocycles. The number of carbonyl (C=O) groups is 3. The maximum Gasteiger partial charge on any atom is 0.418 e. The van der Waals surface area contributed by atoms with Gasteiger partial charge in [-0.3, -0.25) is 19.2 Å². The number of rotatable bonds is 6. The number of amides is 3. The molecule has 0 bridgehead atoms. The van der Waals surface area contributed by atoms with Crippen LogP contribution in [0.5, 0.6) is 5.75 Å². The summed E-state index contributed by atoms with van der Waals surface area (Å²) < 4.78 is 47.6. The highest BCUT2D eigenvalue weighted by atomic mass is 32.2. The predicted molar refractivity (Wildman–Crippen MR) is 156 cm³/mol. The van der Waals surface area contributed by atoms with Crippen molar-refractivity contribution in [2.45, 2.75) is 29.3 Å². The molecule has 4 aromatic rings. The number of aromatic nitrogens is 1. The van der Waals surface area contributed by atoms with E-state index in [9.17, 15) is 32.3 Å². The summed E-state index contributed by atoms with van der Waals surface area (Å²) in [6, 6.07) is 18.2. The smallest absolute Gasteiger partial charge is 0.418 e. The molecule has 2 N–H and O–H groups in total. The molecule has 1 aromatic heterocycles. The number of thioether (sulfide) groups is 1. The van der Waals surface area contributed by atoms with E-state index in [4.69, 9.17) is 4.74 Å². The predicted octanol–water partition coefficient (Wildman–Crippen LogP) is 5.58. The molecule has 8 nitrogen and oxygen atoms in total. The number of imide groups is 1. The first-order valence-corrected chi connectivity index (χ1v) is 14.7. The standard InChI is InChI=1S/C30H22F3N3O5S2/c1-15-10-12-16(13-11-15)34-21(37)14-41-20-9-5-2-6-17(20)22-23-25(42-26-24(22)43-29(40)35-26)28(39)36(27(23)38)19-8-4-3-7-18(19)30(31,32)33/h2-13,22-23,25H,14H2,1H3,(H,34,37)(H,35,40)/t22-,23-,25+/m0/s1. The van der Waals surface area contributed by atoms with Crippen molar-refractivity contribution in [2.75, 3.05) is 16.8 Å². The number of alkyl halides is 3. The number of aryl methyl sites for hydroxylation is 1. The summed E-state index contributed by atoms with van der Waals surface area (Å²) in [5.41, 5.74) is 0.371. The normalized spacial score (nSPS) is 19.6. The first-order valence-electron chi connectivity index (χ1n) is 13.0. The van der Waals surface area contributed by atoms with Gasteiger partial charge in [-0.1, -0.05) is 71.1 Å². The highest BCUT2D eigenvalue weighted by Gasteiger charge is 2.57. The Morgan fingerprint density at radius 1 is 0.977 bits per heavy atom. The molecular formula is C30H22F3N3O5S2. The zero-order valence-corrected chi connectivity index (χ0v) is 23.9. The van der Waals surface area contributed by atoms with E-state index in [1.54, 1.807) is 36.4 Å². The second kappa shape index (κ2) is 11.0. The second-order valence-corrected chi connectivity index (χ2v) is 12.2. The fourth-order valence-electron chi connectivity index (χ4n) is 5.34. The van der Waals surface area contributed by atoms with E-state index < -0.39 is 57.1 Å². The lowest BCUT2D eigenvalue weighted by molar-refractivity contribution is -0.137. The van der Waals surface area contributed by atoms with Gasteiger partial charge in [0.25, 0.3) is 5.91 Å². The summed E-state index contributed by atoms with van der Waals surface area (Å²) in [6.45, 7) is 1.54. The molecule has 220 valence electrons. The van der Waals surface area contributed by atoms with Crippen molar-refractivity contribution < 1.29 is 32.3 Å². The largest absolute Gasteiger partial charge is 0.483 e. The number of fused-ring (bicyclic) bond motifs is 2. The average molecular weight is 626 g/mol. The van der Waals surface area contributed by atoms with Crippen LogP contribution in [-0.2, 0) is 20.6 Å². The van der Waals surface area contributed by atoms with Crippen molar-refractivity contribution in [3.63, 3.8) is 0 Å². The summed E-state index contributed by atoms with van der Waals surface area (Å²) in [5.74, 6) is -3.87. The van der Waals surface area contributed by atoms with Crippen LogP contribution in [0, 0.1) is 12.8 Å². The summed E-state index contributed by atoms with van der Waals surface area (Å²) in [6.07, 6.45) is -4.80. The number of ether oxygens (including phenoxy) is 1. The van der Waals surface area contributed by atoms with Crippen molar-refractivity contribution in [2.24, 2.45) is 5.92 Å². The van der Waals surface area contributed by atoms with Gasteiger partial charge in [0.15, 0.2) is 6.61 Å². The Kier molecular flexibility index (Phi) is 7.38. The Morgan fingerprint density at radius 2 is 1.67 bits per heavy atom. The van der Waals surface area contributed by atoms with E-state index in [1.807, 2.05) is 19.1 Å². The fraction of sp³-hybridized carbons (Fsp3) is 0.200. The number of halogens is 3. The van der Waals surface area contributed by atoms with Gasteiger partial charge in [0.1, 0.15) is 11.0 Å². The third kappa shape index (κ3) is 5.34. The van der Waals surface area contributed by atoms with Crippen LogP contribution in [0.25, 0.3) is 0 Å². The molecule has 3 aromatic carbocycles. The summed E-state index contributed by atoms with van der Waals surface area (Å²) >= 11 is 1.81. The van der Waals surface area contributed by atoms with Crippen LogP contribution in [0.15, 0.2) is 82.6 Å². The molecule has 43 heavy (non-hydrogen) atoms. The molecule has 1 fully saturated rings. The fourth-order valence-corrected chi connectivity index (χ4v) is 7.85. The number of benzene rings is 3. The minimum atomic E-state index is -4.80. The third-order valence-corrected chi connectivity index (χ3v) is 9.62. The molecule has 3 amide bonds. The number of para-hydroxylation sites is 2. The van der Waals surface area contributed by atoms with Crippen LogP contribution in [0.4, 0.5) is 24.5 Å². The zero-order chi connectivity index (χ0) is 30.5. The van der Waals surface area contributed by atoms with E-state index in [1.165, 1.54) is 12.1 Å². The van der Waals surface area contributed by atoms with Gasteiger partial charge in [-0.05, 0) is 37.3 Å². The Morgan fingerprint density at radius 3 is 2.42 bits per heavy atom. The number of thiazole rings is 1. The molecule has 3 atom stereocenters. The van der Waals surface area contributed by atoms with Crippen LogP contribution in [0.1, 0.15) is 27.5 Å². The number of aromatic amines is 1. The Hall–Kier alpha value is -4.36. The third-order valence-electron chi connectivity index (χ3n) is 7.22. The topological polar surface area (TPSA) is 109 Å². The zero-order valence-electron chi connectivity index (χ0n) is 22.3. The minimum absolute atomic E-state index is 0.235. The molecule has 0 radical (unpaired) electrons. The first kappa shape index (κ1) is 28.7. The maximum atomic E-state index is 14.0. The first-order chi connectivity index (χ1) is 20.5. The highest BCUT2D eigenvalue weighted by Crippen LogP contribution is 2.55. The van der Waals surface area contributed by atoms with Gasteiger partial charge in [0.05, 0.1) is 22.2 Å². The molecule has 2 aliphatic rings. The summed E-state index contributed by atoms with van der Waals surface area (Å²) in [7, 11) is 0. The lowest BCUT2D eigenvalue weighted by atomic mass is 9.82. The van der Waals surface area contributed by atoms with Crippen LogP contribution >= 0.6 is 23.1 Å². The minimum Gasteiger partial charge on any atom is -0.483 e. The number of anilines is 2. The van der Waals surface area contributed by atoms with E-state index in [0.29, 0.717) is 26.1 Å². The van der Waals surface area contributed by atoms with Crippen molar-refractivity contribution in [1.82, 2.24) is 4.98 Å². The van der Waals surface area contributed by atoms with Gasteiger partial charge < -0.3 is 15.0 Å². The molecule has 2 aliphatic heterocycles. The molecule has 6 rings (SSSR count). The molecule has 0 aliphatic carbocycles. The quantitative estimate of drug-likeness (QED) is 0.271. The number of hydrogen-bond acceptors (Lipinski definition) is 7. The number of hydrogen-bond donors (Lipinski definition) is 2. The van der Waals surface area contributed by atoms with Crippen LogP contribution in [0.3, 0.4) is 0 Å². The Balaban J connectivity index is 1.36. The molecule has 0 spiro atoms. The SMILES string of the molecule is Cc1ccc(NC(=O)COc2ccccc2[C@@H]2c3sc(=O)[nH]c3S[C@H]3C(=O)N(c4ccccc4C(F)(F)F)C(=O)[C@@H]23)cc1. The van der Waals surface area contributed by atoms with Crippen LogP contribution < -0.4 is 19.8 Å². The molecule has 13 heteroatoms. The Bertz CT molecular complexity index is 1800. The number of carbonyl (C=O) groups excluding carboxylic acids is 3. The van der Waals surface area contributed by atoms with Gasteiger partial charge in [-0.2, -0.15) is 13.2 Å². The van der Waals surface area contributed by atoms with Crippen molar-refractivity contribution in [1.29, 1.82) is 0 Å². The summed E-state index contributed by atoms with van der Waals surface area (Å²) in [5, 5.41) is 2.00. The second-order valence-electron chi connectivity index (χ2n) is 10.0. The summed E-state index contributed by atoms with van der Waals surface area (Å²) in [4.78, 5) is 56.1. The Labute approximate surface area is 250 Å². The monoisotopic (exact) mass is 625 g/mol. The van der Waals surface area contributed by atoms with E-state index >= 15 is 0 Å². The van der Waals surface area contributed by atoms with E-state index in [-0.39, 0.29) is 12.4 Å². The van der Waals surface area contributed by atoms with Crippen molar-refractivity contribution in [3.05, 3.63) is 104 Å². The number of H-pyrrole nitrogens is 1. The lowest BCUT2D eigenvalue weighted by Crippen LogP contribution is -2.33. The van der Waals surface area contributed by atoms with Crippen LogP contribution in [-0.4, -0.2) is 34.6 Å². The van der Waals surface area contributed by atoms with Crippen LogP contribution in [0.2, 0.25) is 0 Å². The number of nitrogens with one attached hydrogen (secondary N) is 2. The van der Waals surface area contributed by atoms with Crippen molar-refractivity contribution >= 4 is 52.2 Å². The number of nitrogens with zero attached hydrogens (tertiary/aromatic N) is 1. The van der Waals surface area contributed by atoms with Crippen molar-refractivity contribution in [3.8, 4) is 5.75 Å². The molecule has 1 saturated heterocycles. The van der Waals surface area contributed by atoms with Gasteiger partial charge in [0, 0.05) is 22.0 Å². The van der Waals surface area contributed by atoms with Gasteiger partial charge in [-0.25, -0.2) is 4.90 Å². The van der Waals surface area contributed by atoms with Gasteiger partial charge in [-0.15, -0.1) is 0 Å².